The van der Waals surface area contributed by atoms with Crippen molar-refractivity contribution in [3.05, 3.63) is 17.9 Å². The molecule has 0 saturated heterocycles. The SMILES string of the molecule is O=S(=O)(NCCC(F)(F)F)c1ccc(CO)o1. The maximum absolute atomic E-state index is 11.8. The van der Waals surface area contributed by atoms with Crippen molar-refractivity contribution in [2.75, 3.05) is 6.54 Å². The van der Waals surface area contributed by atoms with Crippen LogP contribution in [0, 0.1) is 0 Å². The molecule has 1 rings (SSSR count). The Kier molecular flexibility index (Phi) is 4.17. The standard InChI is InChI=1S/C8H10F3NO4S/c9-8(10,11)3-4-12-17(14,15)7-2-1-6(5-13)16-7/h1-2,12-13H,3-5H2. The third-order valence-electron chi connectivity index (χ3n) is 1.76. The van der Waals surface area contributed by atoms with E-state index in [0.29, 0.717) is 0 Å². The molecule has 98 valence electrons. The number of rotatable bonds is 5. The highest BCUT2D eigenvalue weighted by Gasteiger charge is 2.28. The van der Waals surface area contributed by atoms with Gasteiger partial charge in [0.05, 0.1) is 6.42 Å². The topological polar surface area (TPSA) is 79.5 Å². The van der Waals surface area contributed by atoms with E-state index in [-0.39, 0.29) is 5.76 Å². The molecule has 0 aliphatic heterocycles. The van der Waals surface area contributed by atoms with E-state index in [1.165, 1.54) is 6.07 Å². The molecule has 0 saturated carbocycles. The number of nitrogens with one attached hydrogen (secondary N) is 1. The number of sulfonamides is 1. The van der Waals surface area contributed by atoms with Gasteiger partial charge in [-0.2, -0.15) is 13.2 Å². The Morgan fingerprint density at radius 3 is 2.47 bits per heavy atom. The summed E-state index contributed by atoms with van der Waals surface area (Å²) in [6.45, 7) is -1.25. The number of furan rings is 1. The van der Waals surface area contributed by atoms with Crippen LogP contribution in [-0.2, 0) is 16.6 Å². The van der Waals surface area contributed by atoms with Crippen LogP contribution in [0.4, 0.5) is 13.2 Å². The second kappa shape index (κ2) is 5.07. The molecule has 5 nitrogen and oxygen atoms in total. The Hall–Kier alpha value is -1.06. The van der Waals surface area contributed by atoms with Gasteiger partial charge in [0.2, 0.25) is 5.09 Å². The molecule has 0 amide bonds. The number of aliphatic hydroxyl groups is 1. The average molecular weight is 273 g/mol. The molecule has 0 bridgehead atoms. The Balaban J connectivity index is 2.63. The van der Waals surface area contributed by atoms with Gasteiger partial charge < -0.3 is 9.52 Å². The zero-order valence-electron chi connectivity index (χ0n) is 8.49. The van der Waals surface area contributed by atoms with Gasteiger partial charge in [-0.15, -0.1) is 0 Å². The second-order valence-corrected chi connectivity index (χ2v) is 4.84. The summed E-state index contributed by atoms with van der Waals surface area (Å²) in [4.78, 5) is 0. The highest BCUT2D eigenvalue weighted by molar-refractivity contribution is 7.89. The molecular weight excluding hydrogens is 263 g/mol. The minimum absolute atomic E-state index is 0.0150. The molecule has 1 heterocycles. The third kappa shape index (κ3) is 4.36. The van der Waals surface area contributed by atoms with Gasteiger partial charge in [0.15, 0.2) is 0 Å². The fourth-order valence-corrected chi connectivity index (χ4v) is 1.96. The van der Waals surface area contributed by atoms with Crippen LogP contribution in [0.2, 0.25) is 0 Å². The fourth-order valence-electron chi connectivity index (χ4n) is 0.986. The number of hydrogen-bond acceptors (Lipinski definition) is 4. The van der Waals surface area contributed by atoms with Gasteiger partial charge in [-0.25, -0.2) is 13.1 Å². The minimum atomic E-state index is -4.43. The van der Waals surface area contributed by atoms with Crippen molar-refractivity contribution >= 4 is 10.0 Å². The van der Waals surface area contributed by atoms with Gasteiger partial charge in [-0.05, 0) is 12.1 Å². The largest absolute Gasteiger partial charge is 0.446 e. The van der Waals surface area contributed by atoms with Crippen LogP contribution in [0.15, 0.2) is 21.6 Å². The van der Waals surface area contributed by atoms with E-state index in [1.807, 2.05) is 0 Å². The fraction of sp³-hybridized carbons (Fsp3) is 0.500. The van der Waals surface area contributed by atoms with Crippen molar-refractivity contribution in [2.45, 2.75) is 24.3 Å². The van der Waals surface area contributed by atoms with Crippen molar-refractivity contribution in [3.8, 4) is 0 Å². The molecule has 0 aliphatic rings. The quantitative estimate of drug-likeness (QED) is 0.839. The van der Waals surface area contributed by atoms with E-state index in [0.717, 1.165) is 6.07 Å². The second-order valence-electron chi connectivity index (χ2n) is 3.14. The normalized spacial score (nSPS) is 12.9. The molecule has 0 radical (unpaired) electrons. The number of alkyl halides is 3. The van der Waals surface area contributed by atoms with Crippen LogP contribution in [0.3, 0.4) is 0 Å². The van der Waals surface area contributed by atoms with E-state index in [1.54, 1.807) is 4.72 Å². The molecule has 0 aliphatic carbocycles. The third-order valence-corrected chi connectivity index (χ3v) is 3.09. The molecule has 0 fully saturated rings. The Labute approximate surface area is 95.3 Å². The van der Waals surface area contributed by atoms with E-state index in [2.05, 4.69) is 0 Å². The lowest BCUT2D eigenvalue weighted by atomic mass is 10.4. The van der Waals surface area contributed by atoms with Gasteiger partial charge in [0.1, 0.15) is 12.4 Å². The summed E-state index contributed by atoms with van der Waals surface area (Å²) in [5, 5.41) is 8.12. The summed E-state index contributed by atoms with van der Waals surface area (Å²) < 4.78 is 64.6. The van der Waals surface area contributed by atoms with E-state index in [9.17, 15) is 21.6 Å². The molecule has 0 unspecified atom stereocenters. The first-order valence-corrected chi connectivity index (χ1v) is 5.99. The lowest BCUT2D eigenvalue weighted by Gasteiger charge is -2.06. The zero-order valence-corrected chi connectivity index (χ0v) is 9.31. The Bertz CT molecular complexity index is 465. The first-order chi connectivity index (χ1) is 7.74. The molecule has 17 heavy (non-hydrogen) atoms. The first kappa shape index (κ1) is 14.0. The Morgan fingerprint density at radius 2 is 2.00 bits per heavy atom. The van der Waals surface area contributed by atoms with E-state index in [4.69, 9.17) is 9.52 Å². The van der Waals surface area contributed by atoms with Crippen LogP contribution in [0.5, 0.6) is 0 Å². The highest BCUT2D eigenvalue weighted by Crippen LogP contribution is 2.19. The summed E-state index contributed by atoms with van der Waals surface area (Å²) in [5.41, 5.74) is 0. The van der Waals surface area contributed by atoms with Crippen molar-refractivity contribution in [1.29, 1.82) is 0 Å². The van der Waals surface area contributed by atoms with Crippen LogP contribution in [0.25, 0.3) is 0 Å². The Morgan fingerprint density at radius 1 is 1.35 bits per heavy atom. The molecule has 0 aromatic carbocycles. The molecular formula is C8H10F3NO4S. The van der Waals surface area contributed by atoms with Crippen molar-refractivity contribution < 1.29 is 31.1 Å². The summed E-state index contributed by atoms with van der Waals surface area (Å²) >= 11 is 0. The molecule has 1 aromatic rings. The van der Waals surface area contributed by atoms with Crippen molar-refractivity contribution in [1.82, 2.24) is 4.72 Å². The maximum atomic E-state index is 11.8. The summed E-state index contributed by atoms with van der Waals surface area (Å²) in [5.74, 6) is 0.0150. The van der Waals surface area contributed by atoms with Crippen LogP contribution < -0.4 is 4.72 Å². The first-order valence-electron chi connectivity index (χ1n) is 4.50. The predicted octanol–water partition coefficient (Wildman–Crippen LogP) is 1.00. The predicted molar refractivity (Wildman–Crippen MR) is 50.5 cm³/mol. The summed E-state index contributed by atoms with van der Waals surface area (Å²) in [6.07, 6.45) is -5.69. The minimum Gasteiger partial charge on any atom is -0.446 e. The lowest BCUT2D eigenvalue weighted by Crippen LogP contribution is -2.27. The van der Waals surface area contributed by atoms with Crippen molar-refractivity contribution in [2.24, 2.45) is 0 Å². The lowest BCUT2D eigenvalue weighted by molar-refractivity contribution is -0.132. The average Bonchev–Trinajstić information content (AvgIpc) is 2.63. The summed E-state index contributed by atoms with van der Waals surface area (Å²) in [6, 6.07) is 2.28. The molecule has 2 N–H and O–H groups in total. The smallest absolute Gasteiger partial charge is 0.390 e. The number of halogens is 3. The highest BCUT2D eigenvalue weighted by atomic mass is 32.2. The monoisotopic (exact) mass is 273 g/mol. The van der Waals surface area contributed by atoms with Gasteiger partial charge in [0, 0.05) is 6.54 Å². The van der Waals surface area contributed by atoms with Gasteiger partial charge in [-0.3, -0.25) is 0 Å². The van der Waals surface area contributed by atoms with Crippen LogP contribution >= 0.6 is 0 Å². The number of aliphatic hydroxyl groups excluding tert-OH is 1. The molecule has 9 heteroatoms. The van der Waals surface area contributed by atoms with Crippen LogP contribution in [0.1, 0.15) is 12.2 Å². The van der Waals surface area contributed by atoms with Gasteiger partial charge in [-0.1, -0.05) is 0 Å². The summed E-state index contributed by atoms with van der Waals surface area (Å²) in [7, 11) is -4.10. The van der Waals surface area contributed by atoms with Crippen LogP contribution in [-0.4, -0.2) is 26.2 Å². The maximum Gasteiger partial charge on any atom is 0.390 e. The number of hydrogen-bond donors (Lipinski definition) is 2. The van der Waals surface area contributed by atoms with E-state index >= 15 is 0 Å². The molecule has 0 spiro atoms. The van der Waals surface area contributed by atoms with Crippen molar-refractivity contribution in [3.63, 3.8) is 0 Å². The van der Waals surface area contributed by atoms with E-state index < -0.39 is 40.9 Å². The molecule has 1 aromatic heterocycles. The molecule has 0 atom stereocenters. The van der Waals surface area contributed by atoms with Gasteiger partial charge >= 0.3 is 6.18 Å². The van der Waals surface area contributed by atoms with Gasteiger partial charge in [0.25, 0.3) is 10.0 Å². The zero-order chi connectivity index (χ0) is 13.1.